The highest BCUT2D eigenvalue weighted by molar-refractivity contribution is 6.52. The average Bonchev–Trinajstić information content (AvgIpc) is 3.14. The van der Waals surface area contributed by atoms with Gasteiger partial charge in [0.05, 0.1) is 42.7 Å². The maximum atomic E-state index is 13.4. The van der Waals surface area contributed by atoms with Gasteiger partial charge in [0.1, 0.15) is 22.6 Å². The van der Waals surface area contributed by atoms with Crippen molar-refractivity contribution < 1.29 is 28.9 Å². The van der Waals surface area contributed by atoms with E-state index in [1.807, 2.05) is 6.92 Å². The van der Waals surface area contributed by atoms with Gasteiger partial charge in [0.2, 0.25) is 0 Å². The molecule has 0 radical (unpaired) electrons. The van der Waals surface area contributed by atoms with Gasteiger partial charge in [-0.05, 0) is 37.3 Å². The molecule has 0 saturated carbocycles. The van der Waals surface area contributed by atoms with Gasteiger partial charge in [-0.25, -0.2) is 0 Å². The number of hydrogen-bond donors (Lipinski definition) is 1. The number of carbonyl (C=O) groups is 2. The van der Waals surface area contributed by atoms with Gasteiger partial charge >= 0.3 is 0 Å². The van der Waals surface area contributed by atoms with Gasteiger partial charge in [0, 0.05) is 18.0 Å². The van der Waals surface area contributed by atoms with Gasteiger partial charge < -0.3 is 19.3 Å². The van der Waals surface area contributed by atoms with Crippen molar-refractivity contribution in [2.75, 3.05) is 25.7 Å². The third kappa shape index (κ3) is 4.34. The zero-order valence-corrected chi connectivity index (χ0v) is 21.1. The zero-order valence-electron chi connectivity index (χ0n) is 19.6. The summed E-state index contributed by atoms with van der Waals surface area (Å²) in [6.45, 7) is 2.26. The van der Waals surface area contributed by atoms with Crippen molar-refractivity contribution in [1.29, 1.82) is 0 Å². The van der Waals surface area contributed by atoms with E-state index in [9.17, 15) is 14.7 Å². The summed E-state index contributed by atoms with van der Waals surface area (Å²) in [5, 5.41) is 11.5. The van der Waals surface area contributed by atoms with Gasteiger partial charge in [0.25, 0.3) is 11.7 Å². The Bertz CT molecular complexity index is 1360. The van der Waals surface area contributed by atoms with Gasteiger partial charge in [-0.2, -0.15) is 0 Å². The fourth-order valence-corrected chi connectivity index (χ4v) is 4.78. The van der Waals surface area contributed by atoms with Crippen molar-refractivity contribution >= 4 is 46.3 Å². The third-order valence-corrected chi connectivity index (χ3v) is 6.24. The van der Waals surface area contributed by atoms with Gasteiger partial charge in [-0.3, -0.25) is 19.5 Å². The summed E-state index contributed by atoms with van der Waals surface area (Å²) in [6, 6.07) is 12.2. The summed E-state index contributed by atoms with van der Waals surface area (Å²) in [6.07, 6.45) is 1.54. The van der Waals surface area contributed by atoms with Crippen LogP contribution in [0.1, 0.15) is 24.2 Å². The molecule has 2 aromatic carbocycles. The molecule has 4 rings (SSSR count). The van der Waals surface area contributed by atoms with E-state index in [0.717, 1.165) is 0 Å². The Morgan fingerprint density at radius 2 is 1.81 bits per heavy atom. The van der Waals surface area contributed by atoms with E-state index >= 15 is 0 Å². The number of benzene rings is 2. The predicted octanol–water partition coefficient (Wildman–Crippen LogP) is 5.43. The molecule has 2 heterocycles. The van der Waals surface area contributed by atoms with Gasteiger partial charge in [0.15, 0.2) is 11.5 Å². The topological polar surface area (TPSA) is 98.2 Å². The molecule has 1 saturated heterocycles. The van der Waals surface area contributed by atoms with Crippen LogP contribution in [0.2, 0.25) is 10.0 Å². The second kappa shape index (κ2) is 10.5. The molecular weight excluding hydrogens is 507 g/mol. The Morgan fingerprint density at radius 1 is 1.06 bits per heavy atom. The van der Waals surface area contributed by atoms with Crippen LogP contribution < -0.4 is 19.1 Å². The number of aliphatic hydroxyl groups is 1. The van der Waals surface area contributed by atoms with Crippen LogP contribution in [0.5, 0.6) is 17.2 Å². The summed E-state index contributed by atoms with van der Waals surface area (Å²) < 4.78 is 16.2. The molecule has 1 aliphatic rings. The van der Waals surface area contributed by atoms with Crippen LogP contribution in [-0.2, 0) is 9.59 Å². The molecule has 0 aliphatic carbocycles. The lowest BCUT2D eigenvalue weighted by Gasteiger charge is -2.25. The average molecular weight is 529 g/mol. The molecule has 0 spiro atoms. The van der Waals surface area contributed by atoms with E-state index in [0.29, 0.717) is 23.7 Å². The van der Waals surface area contributed by atoms with E-state index in [-0.39, 0.29) is 32.7 Å². The number of ketones is 1. The smallest absolute Gasteiger partial charge is 0.300 e. The lowest BCUT2D eigenvalue weighted by Crippen LogP contribution is -2.29. The minimum absolute atomic E-state index is 0.00193. The number of nitrogens with zero attached hydrogens (tertiary/aromatic N) is 2. The summed E-state index contributed by atoms with van der Waals surface area (Å²) in [7, 11) is 2.73. The number of pyridine rings is 1. The van der Waals surface area contributed by atoms with Crippen LogP contribution in [0.4, 0.5) is 5.69 Å². The standard InChI is InChI=1S/C26H22Cl2N2O6/c1-4-36-15-9-7-8-14(12-15)30-21(18-10-5-6-11-29-18)19(23(32)26(30)33)22(31)16-13-17(27)25(35-3)20(28)24(16)34-2/h5-13,21,31H,4H2,1-3H3/b22-19+. The molecule has 1 atom stereocenters. The Labute approximate surface area is 217 Å². The lowest BCUT2D eigenvalue weighted by molar-refractivity contribution is -0.132. The number of carbonyl (C=O) groups excluding carboxylic acids is 2. The first kappa shape index (κ1) is 25.3. The highest BCUT2D eigenvalue weighted by atomic mass is 35.5. The molecule has 36 heavy (non-hydrogen) atoms. The number of hydrogen-bond acceptors (Lipinski definition) is 7. The Hall–Kier alpha value is -3.75. The number of anilines is 1. The van der Waals surface area contributed by atoms with Crippen molar-refractivity contribution in [2.45, 2.75) is 13.0 Å². The maximum absolute atomic E-state index is 13.4. The normalized spacial score (nSPS) is 16.8. The molecule has 1 amide bonds. The van der Waals surface area contributed by atoms with Crippen molar-refractivity contribution in [2.24, 2.45) is 0 Å². The Morgan fingerprint density at radius 3 is 2.44 bits per heavy atom. The summed E-state index contributed by atoms with van der Waals surface area (Å²) in [4.78, 5) is 32.4. The van der Waals surface area contributed by atoms with E-state index in [1.54, 1.807) is 42.5 Å². The van der Waals surface area contributed by atoms with Crippen LogP contribution in [0, 0.1) is 0 Å². The molecule has 3 aromatic rings. The summed E-state index contributed by atoms with van der Waals surface area (Å²) in [5.74, 6) is -1.58. The van der Waals surface area contributed by atoms with Crippen LogP contribution in [0.15, 0.2) is 60.3 Å². The maximum Gasteiger partial charge on any atom is 0.300 e. The summed E-state index contributed by atoms with van der Waals surface area (Å²) >= 11 is 12.7. The largest absolute Gasteiger partial charge is 0.507 e. The Balaban J connectivity index is 1.98. The molecule has 10 heteroatoms. The summed E-state index contributed by atoms with van der Waals surface area (Å²) in [5.41, 5.74) is 0.590. The van der Waals surface area contributed by atoms with Crippen LogP contribution >= 0.6 is 23.2 Å². The molecule has 1 aromatic heterocycles. The molecule has 1 fully saturated rings. The van der Waals surface area contributed by atoms with Crippen molar-refractivity contribution in [3.8, 4) is 17.2 Å². The Kier molecular flexibility index (Phi) is 7.37. The molecule has 1 unspecified atom stereocenters. The lowest BCUT2D eigenvalue weighted by atomic mass is 9.97. The number of amides is 1. The monoisotopic (exact) mass is 528 g/mol. The zero-order chi connectivity index (χ0) is 26.0. The molecular formula is C26H22Cl2N2O6. The van der Waals surface area contributed by atoms with E-state index in [4.69, 9.17) is 37.4 Å². The second-order valence-electron chi connectivity index (χ2n) is 7.64. The number of halogens is 2. The van der Waals surface area contributed by atoms with Gasteiger partial charge in [-0.15, -0.1) is 0 Å². The fraction of sp³-hybridized carbons (Fsp3) is 0.192. The second-order valence-corrected chi connectivity index (χ2v) is 8.43. The number of ether oxygens (including phenoxy) is 3. The number of rotatable bonds is 7. The van der Waals surface area contributed by atoms with Crippen LogP contribution in [-0.4, -0.2) is 42.6 Å². The predicted molar refractivity (Wildman–Crippen MR) is 136 cm³/mol. The first-order chi connectivity index (χ1) is 17.3. The fourth-order valence-electron chi connectivity index (χ4n) is 4.10. The van der Waals surface area contributed by atoms with E-state index < -0.39 is 23.5 Å². The SMILES string of the molecule is CCOc1cccc(N2C(=O)C(=O)/C(=C(/O)c3cc(Cl)c(OC)c(Cl)c3OC)C2c2ccccn2)c1. The molecule has 1 N–H and O–H groups in total. The molecule has 1 aliphatic heterocycles. The van der Waals surface area contributed by atoms with Crippen LogP contribution in [0.3, 0.4) is 0 Å². The number of methoxy groups -OCH3 is 2. The van der Waals surface area contributed by atoms with E-state index in [2.05, 4.69) is 4.98 Å². The van der Waals surface area contributed by atoms with Gasteiger partial charge in [-0.1, -0.05) is 35.3 Å². The molecule has 8 nitrogen and oxygen atoms in total. The number of Topliss-reactive ketones (excluding diaryl/α,β-unsaturated/α-hetero) is 1. The highest BCUT2D eigenvalue weighted by Gasteiger charge is 2.48. The van der Waals surface area contributed by atoms with Crippen molar-refractivity contribution in [3.63, 3.8) is 0 Å². The third-order valence-electron chi connectivity index (χ3n) is 5.61. The van der Waals surface area contributed by atoms with Crippen molar-refractivity contribution in [3.05, 3.63) is 81.6 Å². The molecule has 186 valence electrons. The minimum atomic E-state index is -1.05. The number of aliphatic hydroxyl groups excluding tert-OH is 1. The molecule has 0 bridgehead atoms. The minimum Gasteiger partial charge on any atom is -0.507 e. The highest BCUT2D eigenvalue weighted by Crippen LogP contribution is 2.48. The van der Waals surface area contributed by atoms with Crippen molar-refractivity contribution in [1.82, 2.24) is 4.98 Å². The number of aromatic nitrogens is 1. The van der Waals surface area contributed by atoms with E-state index in [1.165, 1.54) is 31.4 Å². The first-order valence-electron chi connectivity index (χ1n) is 10.9. The first-order valence-corrected chi connectivity index (χ1v) is 11.6. The quantitative estimate of drug-likeness (QED) is 0.248. The van der Waals surface area contributed by atoms with Crippen LogP contribution in [0.25, 0.3) is 5.76 Å².